The fourth-order valence-electron chi connectivity index (χ4n) is 0.632. The van der Waals surface area contributed by atoms with Crippen LogP contribution in [-0.2, 0) is 0 Å². The first-order valence-corrected chi connectivity index (χ1v) is 3.91. The Hall–Kier alpha value is -1.45. The molecule has 0 fully saturated rings. The zero-order valence-corrected chi connectivity index (χ0v) is 7.19. The summed E-state index contributed by atoms with van der Waals surface area (Å²) in [6.07, 6.45) is 2.90. The molecule has 0 aliphatic carbocycles. The summed E-state index contributed by atoms with van der Waals surface area (Å²) in [6.45, 7) is 4.25. The van der Waals surface area contributed by atoms with E-state index >= 15 is 0 Å². The molecule has 4 nitrogen and oxygen atoms in total. The van der Waals surface area contributed by atoms with E-state index in [0.29, 0.717) is 11.2 Å². The lowest BCUT2D eigenvalue weighted by Gasteiger charge is -1.76. The third-order valence-corrected chi connectivity index (χ3v) is 1.03. The van der Waals surface area contributed by atoms with Crippen molar-refractivity contribution in [3.8, 4) is 0 Å². The first kappa shape index (κ1) is 8.64. The summed E-state index contributed by atoms with van der Waals surface area (Å²) in [4.78, 5) is 3.87. The highest BCUT2D eigenvalue weighted by Crippen LogP contribution is 2.03. The van der Waals surface area contributed by atoms with Crippen LogP contribution in [-0.4, -0.2) is 15.4 Å². The smallest absolute Gasteiger partial charge is 0.223 e. The van der Waals surface area contributed by atoms with Crippen LogP contribution in [0.3, 0.4) is 0 Å². The molecular weight excluding hydrogens is 154 g/mol. The Morgan fingerprint density at radius 1 is 1.42 bits per heavy atom. The van der Waals surface area contributed by atoms with Crippen molar-refractivity contribution < 1.29 is 4.52 Å². The summed E-state index contributed by atoms with van der Waals surface area (Å²) in [6, 6.07) is 3.54. The molecule has 12 heavy (non-hydrogen) atoms. The third-order valence-electron chi connectivity index (χ3n) is 1.03. The van der Waals surface area contributed by atoms with E-state index in [4.69, 9.17) is 4.52 Å². The summed E-state index contributed by atoms with van der Waals surface area (Å²) < 4.78 is 4.69. The molecule has 0 aliphatic heterocycles. The van der Waals surface area contributed by atoms with Crippen LogP contribution in [0.4, 0.5) is 0 Å². The van der Waals surface area contributed by atoms with E-state index in [1.807, 2.05) is 0 Å². The lowest BCUT2D eigenvalue weighted by molar-refractivity contribution is 0.424. The maximum absolute atomic E-state index is 4.69. The van der Waals surface area contributed by atoms with Gasteiger partial charge in [-0.05, 0) is 12.1 Å². The lowest BCUT2D eigenvalue weighted by atomic mass is 10.5. The number of rotatable bonds is 0. The van der Waals surface area contributed by atoms with Crippen LogP contribution in [0.1, 0.15) is 20.3 Å². The highest BCUT2D eigenvalue weighted by Gasteiger charge is 1.95. The Balaban J connectivity index is 0.000000213. The normalized spacial score (nSPS) is 9.17. The van der Waals surface area contributed by atoms with E-state index in [1.165, 1.54) is 6.42 Å². The summed E-state index contributed by atoms with van der Waals surface area (Å²) in [5.41, 5.74) is 1.18. The van der Waals surface area contributed by atoms with E-state index in [1.54, 1.807) is 18.3 Å². The van der Waals surface area contributed by atoms with Crippen molar-refractivity contribution in [2.75, 3.05) is 0 Å². The predicted molar refractivity (Wildman–Crippen MR) is 45.6 cm³/mol. The van der Waals surface area contributed by atoms with Gasteiger partial charge >= 0.3 is 0 Å². The van der Waals surface area contributed by atoms with Crippen molar-refractivity contribution >= 4 is 11.2 Å². The fourth-order valence-corrected chi connectivity index (χ4v) is 0.632. The molecule has 2 aromatic heterocycles. The van der Waals surface area contributed by atoms with Gasteiger partial charge in [0.1, 0.15) is 0 Å². The molecule has 0 unspecified atom stereocenters. The van der Waals surface area contributed by atoms with Crippen LogP contribution in [0.25, 0.3) is 11.2 Å². The Labute approximate surface area is 70.6 Å². The minimum absolute atomic E-state index is 0.553. The SMILES string of the molecule is CCC.c1cnc2nnoc2c1. The molecule has 0 radical (unpaired) electrons. The standard InChI is InChI=1S/C5H3N3O.C3H8/c1-2-4-5(6-3-1)7-8-9-4;1-3-2/h1-3H;3H2,1-2H3. The zero-order valence-electron chi connectivity index (χ0n) is 7.19. The van der Waals surface area contributed by atoms with Gasteiger partial charge in [0, 0.05) is 11.5 Å². The number of fused-ring (bicyclic) bond motifs is 1. The molecule has 2 rings (SSSR count). The highest BCUT2D eigenvalue weighted by molar-refractivity contribution is 5.65. The van der Waals surface area contributed by atoms with Crippen molar-refractivity contribution in [3.63, 3.8) is 0 Å². The second-order valence-corrected chi connectivity index (χ2v) is 2.31. The predicted octanol–water partition coefficient (Wildman–Crippen LogP) is 2.03. The molecule has 2 aromatic rings. The number of hydrogen-bond donors (Lipinski definition) is 0. The van der Waals surface area contributed by atoms with Gasteiger partial charge in [0.15, 0.2) is 0 Å². The molecule has 64 valence electrons. The largest absolute Gasteiger partial charge is 0.335 e. The van der Waals surface area contributed by atoms with Gasteiger partial charge in [-0.1, -0.05) is 25.4 Å². The molecular formula is C8H11N3O. The summed E-state index contributed by atoms with van der Waals surface area (Å²) in [7, 11) is 0. The molecule has 0 amide bonds. The van der Waals surface area contributed by atoms with Crippen LogP contribution >= 0.6 is 0 Å². The van der Waals surface area contributed by atoms with Crippen LogP contribution in [0.15, 0.2) is 22.9 Å². The van der Waals surface area contributed by atoms with Crippen LogP contribution < -0.4 is 0 Å². The maximum Gasteiger partial charge on any atom is 0.223 e. The van der Waals surface area contributed by atoms with Gasteiger partial charge in [0.25, 0.3) is 0 Å². The van der Waals surface area contributed by atoms with Gasteiger partial charge in [-0.15, -0.1) is 0 Å². The van der Waals surface area contributed by atoms with Gasteiger partial charge in [0.05, 0.1) is 0 Å². The minimum atomic E-state index is 0.553. The van der Waals surface area contributed by atoms with Crippen LogP contribution in [0, 0.1) is 0 Å². The number of hydrogen-bond acceptors (Lipinski definition) is 4. The molecule has 0 atom stereocenters. The molecule has 0 bridgehead atoms. The third kappa shape index (κ3) is 2.02. The van der Waals surface area contributed by atoms with Crippen molar-refractivity contribution in [3.05, 3.63) is 18.3 Å². The Bertz CT molecular complexity index is 301. The average molecular weight is 165 g/mol. The second-order valence-electron chi connectivity index (χ2n) is 2.31. The molecule has 0 saturated carbocycles. The van der Waals surface area contributed by atoms with E-state index in [-0.39, 0.29) is 0 Å². The van der Waals surface area contributed by atoms with E-state index < -0.39 is 0 Å². The Kier molecular flexibility index (Phi) is 3.19. The molecule has 2 heterocycles. The molecule has 4 heteroatoms. The molecule has 0 aromatic carbocycles. The number of nitrogens with zero attached hydrogens (tertiary/aromatic N) is 3. The second kappa shape index (κ2) is 4.43. The summed E-state index contributed by atoms with van der Waals surface area (Å²) in [5.74, 6) is 0. The van der Waals surface area contributed by atoms with E-state index in [2.05, 4.69) is 29.2 Å². The van der Waals surface area contributed by atoms with Gasteiger partial charge < -0.3 is 4.52 Å². The van der Waals surface area contributed by atoms with Crippen molar-refractivity contribution in [1.82, 2.24) is 15.4 Å². The summed E-state index contributed by atoms with van der Waals surface area (Å²) in [5, 5.41) is 6.90. The highest BCUT2D eigenvalue weighted by atomic mass is 16.5. The quantitative estimate of drug-likeness (QED) is 0.599. The Morgan fingerprint density at radius 3 is 2.83 bits per heavy atom. The first-order valence-electron chi connectivity index (χ1n) is 3.91. The van der Waals surface area contributed by atoms with Gasteiger partial charge in [-0.3, -0.25) is 0 Å². The number of aromatic nitrogens is 3. The monoisotopic (exact) mass is 165 g/mol. The molecule has 0 N–H and O–H groups in total. The molecule has 0 spiro atoms. The lowest BCUT2D eigenvalue weighted by Crippen LogP contribution is -1.71. The summed E-state index contributed by atoms with van der Waals surface area (Å²) >= 11 is 0. The minimum Gasteiger partial charge on any atom is -0.335 e. The zero-order chi connectivity index (χ0) is 8.81. The van der Waals surface area contributed by atoms with Crippen molar-refractivity contribution in [2.45, 2.75) is 20.3 Å². The Morgan fingerprint density at radius 2 is 2.17 bits per heavy atom. The average Bonchev–Trinajstić information content (AvgIpc) is 2.52. The topological polar surface area (TPSA) is 51.8 Å². The molecule has 0 aliphatic rings. The van der Waals surface area contributed by atoms with Gasteiger partial charge in [0.2, 0.25) is 11.2 Å². The molecule has 0 saturated heterocycles. The van der Waals surface area contributed by atoms with Crippen molar-refractivity contribution in [2.24, 2.45) is 0 Å². The maximum atomic E-state index is 4.69. The number of pyridine rings is 1. The van der Waals surface area contributed by atoms with Gasteiger partial charge in [-0.2, -0.15) is 0 Å². The van der Waals surface area contributed by atoms with E-state index in [0.717, 1.165) is 0 Å². The van der Waals surface area contributed by atoms with Gasteiger partial charge in [-0.25, -0.2) is 4.98 Å². The fraction of sp³-hybridized carbons (Fsp3) is 0.375. The van der Waals surface area contributed by atoms with E-state index in [9.17, 15) is 0 Å². The van der Waals surface area contributed by atoms with Crippen LogP contribution in [0.5, 0.6) is 0 Å². The first-order chi connectivity index (χ1) is 5.88. The van der Waals surface area contributed by atoms with Crippen LogP contribution in [0.2, 0.25) is 0 Å². The van der Waals surface area contributed by atoms with Crippen molar-refractivity contribution in [1.29, 1.82) is 0 Å².